The van der Waals surface area contributed by atoms with Gasteiger partial charge in [0.25, 0.3) is 0 Å². The van der Waals surface area contributed by atoms with Gasteiger partial charge in [-0.15, -0.1) is 11.3 Å². The summed E-state index contributed by atoms with van der Waals surface area (Å²) in [7, 11) is 1.91. The first kappa shape index (κ1) is 14.4. The minimum absolute atomic E-state index is 0.107. The maximum Gasteiger partial charge on any atom is 0.134 e. The van der Waals surface area contributed by atoms with Crippen molar-refractivity contribution in [2.45, 2.75) is 51.4 Å². The second kappa shape index (κ2) is 5.37. The molecule has 1 N–H and O–H groups in total. The van der Waals surface area contributed by atoms with Gasteiger partial charge in [0, 0.05) is 36.2 Å². The van der Waals surface area contributed by atoms with Gasteiger partial charge in [0.15, 0.2) is 0 Å². The third-order valence-corrected chi connectivity index (χ3v) is 4.50. The Labute approximate surface area is 130 Å². The van der Waals surface area contributed by atoms with Crippen LogP contribution in [0.2, 0.25) is 0 Å². The summed E-state index contributed by atoms with van der Waals surface area (Å²) in [5, 5.41) is 6.43. The molecule has 21 heavy (non-hydrogen) atoms. The Balaban J connectivity index is 1.83. The van der Waals surface area contributed by atoms with E-state index in [0.717, 1.165) is 34.5 Å². The summed E-state index contributed by atoms with van der Waals surface area (Å²) < 4.78 is 0. The van der Waals surface area contributed by atoms with Crippen molar-refractivity contribution in [1.29, 1.82) is 0 Å². The molecule has 0 aliphatic heterocycles. The fourth-order valence-electron chi connectivity index (χ4n) is 2.15. The van der Waals surface area contributed by atoms with Gasteiger partial charge in [0.1, 0.15) is 11.6 Å². The average Bonchev–Trinajstić information content (AvgIpc) is 3.17. The Morgan fingerprint density at radius 2 is 2.00 bits per heavy atom. The molecule has 0 unspecified atom stereocenters. The molecule has 0 aromatic carbocycles. The minimum Gasteiger partial charge on any atom is -0.373 e. The number of nitrogens with one attached hydrogen (secondary N) is 1. The Morgan fingerprint density at radius 3 is 2.57 bits per heavy atom. The van der Waals surface area contributed by atoms with Crippen molar-refractivity contribution in [3.8, 4) is 0 Å². The van der Waals surface area contributed by atoms with Gasteiger partial charge >= 0.3 is 0 Å². The third kappa shape index (κ3) is 3.40. The van der Waals surface area contributed by atoms with E-state index in [0.29, 0.717) is 5.92 Å². The van der Waals surface area contributed by atoms with Crippen molar-refractivity contribution in [3.05, 3.63) is 33.7 Å². The van der Waals surface area contributed by atoms with Crippen LogP contribution in [0.25, 0.3) is 0 Å². The monoisotopic (exact) mass is 302 g/mol. The fraction of sp³-hybridized carbons (Fsp3) is 0.562. The largest absolute Gasteiger partial charge is 0.373 e. The molecule has 2 heterocycles. The summed E-state index contributed by atoms with van der Waals surface area (Å²) in [5.41, 5.74) is 2.33. The summed E-state index contributed by atoms with van der Waals surface area (Å²) >= 11 is 1.72. The van der Waals surface area contributed by atoms with Crippen LogP contribution in [0.4, 0.5) is 5.82 Å². The molecule has 1 fully saturated rings. The molecular weight excluding hydrogens is 280 g/mol. The van der Waals surface area contributed by atoms with Crippen LogP contribution in [0.1, 0.15) is 61.8 Å². The van der Waals surface area contributed by atoms with E-state index in [1.165, 1.54) is 12.8 Å². The lowest BCUT2D eigenvalue weighted by Crippen LogP contribution is -2.11. The number of hydrogen-bond donors (Lipinski definition) is 1. The number of rotatable bonds is 4. The molecule has 5 heteroatoms. The molecule has 1 aliphatic rings. The highest BCUT2D eigenvalue weighted by atomic mass is 32.1. The number of aromatic nitrogens is 3. The zero-order chi connectivity index (χ0) is 15.0. The molecule has 112 valence electrons. The molecule has 2 aromatic heterocycles. The van der Waals surface area contributed by atoms with Crippen molar-refractivity contribution < 1.29 is 0 Å². The minimum atomic E-state index is 0.107. The lowest BCUT2D eigenvalue weighted by Gasteiger charge is -2.14. The van der Waals surface area contributed by atoms with Crippen molar-refractivity contribution in [1.82, 2.24) is 15.0 Å². The van der Waals surface area contributed by atoms with Gasteiger partial charge in [-0.05, 0) is 12.8 Å². The molecule has 1 aliphatic carbocycles. The van der Waals surface area contributed by atoms with Crippen LogP contribution in [0.5, 0.6) is 0 Å². The lowest BCUT2D eigenvalue weighted by molar-refractivity contribution is 0.571. The Bertz CT molecular complexity index is 638. The van der Waals surface area contributed by atoms with Crippen LogP contribution in [-0.4, -0.2) is 22.0 Å². The van der Waals surface area contributed by atoms with E-state index in [4.69, 9.17) is 9.97 Å². The molecule has 4 nitrogen and oxygen atoms in total. The van der Waals surface area contributed by atoms with Crippen LogP contribution < -0.4 is 5.32 Å². The smallest absolute Gasteiger partial charge is 0.134 e. The van der Waals surface area contributed by atoms with Crippen molar-refractivity contribution >= 4 is 17.2 Å². The van der Waals surface area contributed by atoms with E-state index in [-0.39, 0.29) is 5.41 Å². The van der Waals surface area contributed by atoms with Gasteiger partial charge in [-0.1, -0.05) is 20.8 Å². The van der Waals surface area contributed by atoms with Crippen molar-refractivity contribution in [3.63, 3.8) is 0 Å². The van der Waals surface area contributed by atoms with Crippen LogP contribution in [-0.2, 0) is 11.8 Å². The second-order valence-electron chi connectivity index (χ2n) is 6.68. The molecule has 0 spiro atoms. The first-order valence-electron chi connectivity index (χ1n) is 7.46. The van der Waals surface area contributed by atoms with Gasteiger partial charge in [-0.2, -0.15) is 0 Å². The molecule has 0 atom stereocenters. The third-order valence-electron chi connectivity index (χ3n) is 3.65. The van der Waals surface area contributed by atoms with E-state index in [9.17, 15) is 0 Å². The Morgan fingerprint density at radius 1 is 1.24 bits per heavy atom. The zero-order valence-electron chi connectivity index (χ0n) is 13.1. The summed E-state index contributed by atoms with van der Waals surface area (Å²) in [6.07, 6.45) is 3.23. The summed E-state index contributed by atoms with van der Waals surface area (Å²) in [6.45, 7) is 6.59. The first-order valence-corrected chi connectivity index (χ1v) is 8.34. The van der Waals surface area contributed by atoms with Gasteiger partial charge in [-0.3, -0.25) is 0 Å². The van der Waals surface area contributed by atoms with E-state index >= 15 is 0 Å². The Hall–Kier alpha value is -1.49. The zero-order valence-corrected chi connectivity index (χ0v) is 13.9. The van der Waals surface area contributed by atoms with Gasteiger partial charge < -0.3 is 5.32 Å². The van der Waals surface area contributed by atoms with Crippen LogP contribution in [0.3, 0.4) is 0 Å². The molecule has 0 saturated heterocycles. The number of hydrogen-bond acceptors (Lipinski definition) is 5. The molecule has 3 rings (SSSR count). The van der Waals surface area contributed by atoms with E-state index < -0.39 is 0 Å². The van der Waals surface area contributed by atoms with E-state index in [1.54, 1.807) is 11.3 Å². The summed E-state index contributed by atoms with van der Waals surface area (Å²) in [5.74, 6) is 2.47. The molecule has 0 radical (unpaired) electrons. The van der Waals surface area contributed by atoms with E-state index in [1.807, 2.05) is 13.1 Å². The maximum absolute atomic E-state index is 4.76. The van der Waals surface area contributed by atoms with Crippen LogP contribution in [0.15, 0.2) is 11.4 Å². The SMILES string of the molecule is CNc1cc(Cc2nc(C(C)(C)C)cs2)nc(C2CC2)n1. The van der Waals surface area contributed by atoms with Gasteiger partial charge in [0.2, 0.25) is 0 Å². The van der Waals surface area contributed by atoms with Crippen LogP contribution in [0, 0.1) is 0 Å². The highest BCUT2D eigenvalue weighted by molar-refractivity contribution is 7.09. The number of anilines is 1. The predicted octanol–water partition coefficient (Wildman–Crippen LogP) is 3.74. The van der Waals surface area contributed by atoms with Gasteiger partial charge in [-0.25, -0.2) is 15.0 Å². The molecule has 2 aromatic rings. The highest BCUT2D eigenvalue weighted by Gasteiger charge is 2.27. The molecular formula is C16H22N4S. The summed E-state index contributed by atoms with van der Waals surface area (Å²) in [4.78, 5) is 14.0. The fourth-order valence-corrected chi connectivity index (χ4v) is 3.19. The predicted molar refractivity (Wildman–Crippen MR) is 87.2 cm³/mol. The first-order chi connectivity index (χ1) is 9.95. The molecule has 1 saturated carbocycles. The average molecular weight is 302 g/mol. The summed E-state index contributed by atoms with van der Waals surface area (Å²) in [6, 6.07) is 2.03. The molecule has 0 bridgehead atoms. The number of nitrogens with zero attached hydrogens (tertiary/aromatic N) is 3. The molecule has 0 amide bonds. The maximum atomic E-state index is 4.76. The van der Waals surface area contributed by atoms with Crippen molar-refractivity contribution in [2.24, 2.45) is 0 Å². The highest BCUT2D eigenvalue weighted by Crippen LogP contribution is 2.38. The quantitative estimate of drug-likeness (QED) is 0.934. The topological polar surface area (TPSA) is 50.7 Å². The van der Waals surface area contributed by atoms with Gasteiger partial charge in [0.05, 0.1) is 16.4 Å². The number of thiazole rings is 1. The normalized spacial score (nSPS) is 15.2. The second-order valence-corrected chi connectivity index (χ2v) is 7.62. The lowest BCUT2D eigenvalue weighted by atomic mass is 9.93. The standard InChI is InChI=1S/C16H22N4S/c1-16(2,3)12-9-21-14(19-12)8-11-7-13(17-4)20-15(18-11)10-5-6-10/h7,9-10H,5-6,8H2,1-4H3,(H,17,18,20). The van der Waals surface area contributed by atoms with E-state index in [2.05, 4.69) is 36.5 Å². The van der Waals surface area contributed by atoms with Crippen LogP contribution >= 0.6 is 11.3 Å². The Kier molecular flexibility index (Phi) is 3.69. The van der Waals surface area contributed by atoms with Crippen molar-refractivity contribution in [2.75, 3.05) is 12.4 Å².